The Kier molecular flexibility index (Phi) is 9.20. The van der Waals surface area contributed by atoms with E-state index in [9.17, 15) is 22.3 Å². The van der Waals surface area contributed by atoms with Crippen LogP contribution in [0.25, 0.3) is 0 Å². The Morgan fingerprint density at radius 2 is 1.13 bits per heavy atom. The highest BCUT2D eigenvalue weighted by atomic mass is 32.2. The third kappa shape index (κ3) is 6.75. The highest BCUT2D eigenvalue weighted by molar-refractivity contribution is 7.99. The number of esters is 1. The van der Waals surface area contributed by atoms with Crippen LogP contribution in [0.4, 0.5) is 22.7 Å². The summed E-state index contributed by atoms with van der Waals surface area (Å²) in [5.74, 6) is -0.683. The van der Waals surface area contributed by atoms with E-state index in [0.29, 0.717) is 22.0 Å². The number of benzene rings is 4. The molecule has 4 aromatic carbocycles. The third-order valence-corrected chi connectivity index (χ3v) is 8.16. The summed E-state index contributed by atoms with van der Waals surface area (Å²) in [4.78, 5) is 14.1. The van der Waals surface area contributed by atoms with Crippen molar-refractivity contribution < 1.29 is 27.1 Å². The average molecular weight is 581 g/mol. The molecule has 4 rings (SSSR count). The Hall–Kier alpha value is -3.48. The minimum absolute atomic E-state index is 0.0798. The molecule has 0 spiro atoms. The lowest BCUT2D eigenvalue weighted by atomic mass is 10.1. The van der Waals surface area contributed by atoms with Gasteiger partial charge in [0.2, 0.25) is 0 Å². The molecule has 0 aliphatic heterocycles. The summed E-state index contributed by atoms with van der Waals surface area (Å²) >= 11 is -3.89. The first-order chi connectivity index (χ1) is 18.7. The van der Waals surface area contributed by atoms with Crippen LogP contribution in [-0.4, -0.2) is 30.6 Å². The summed E-state index contributed by atoms with van der Waals surface area (Å²) in [6.07, 6.45) is 0. The molecule has 0 fully saturated rings. The van der Waals surface area contributed by atoms with Gasteiger partial charge in [0.25, 0.3) is 0 Å². The number of methoxy groups -OCH3 is 1. The SMILES string of the molecule is COC(=O)c1cc(Sc2ccc(N(c3ccc(C)cc3)S(=O)[O-])cc2)ccc1N(c1ccc(C)cc1)S(=O)[O-]. The number of rotatable bonds is 9. The van der Waals surface area contributed by atoms with E-state index in [1.807, 2.05) is 26.0 Å². The van der Waals surface area contributed by atoms with Crippen LogP contribution in [0, 0.1) is 13.8 Å². The summed E-state index contributed by atoms with van der Waals surface area (Å²) in [6.45, 7) is 3.81. The molecule has 2 atom stereocenters. The van der Waals surface area contributed by atoms with Gasteiger partial charge in [-0.2, -0.15) is 0 Å². The number of carbonyl (C=O) groups excluding carboxylic acids is 1. The zero-order valence-electron chi connectivity index (χ0n) is 21.2. The molecule has 0 aromatic heterocycles. The molecule has 0 amide bonds. The molecular formula is C28H24N2O6S3-2. The maximum atomic E-state index is 12.7. The molecule has 0 radical (unpaired) electrons. The Labute approximate surface area is 236 Å². The first-order valence-electron chi connectivity index (χ1n) is 11.6. The van der Waals surface area contributed by atoms with Crippen molar-refractivity contribution in [3.63, 3.8) is 0 Å². The van der Waals surface area contributed by atoms with Crippen molar-refractivity contribution >= 4 is 63.0 Å². The third-order valence-electron chi connectivity index (χ3n) is 5.73. The number of hydrogen-bond donors (Lipinski definition) is 0. The van der Waals surface area contributed by atoms with Crippen LogP contribution < -0.4 is 8.61 Å². The average Bonchev–Trinajstić information content (AvgIpc) is 2.92. The lowest BCUT2D eigenvalue weighted by Gasteiger charge is -2.28. The van der Waals surface area contributed by atoms with E-state index in [2.05, 4.69) is 0 Å². The molecule has 0 bridgehead atoms. The quantitative estimate of drug-likeness (QED) is 0.173. The first kappa shape index (κ1) is 28.5. The van der Waals surface area contributed by atoms with Crippen molar-refractivity contribution in [2.24, 2.45) is 0 Å². The van der Waals surface area contributed by atoms with Crippen molar-refractivity contribution in [1.82, 2.24) is 0 Å². The lowest BCUT2D eigenvalue weighted by Crippen LogP contribution is -2.22. The van der Waals surface area contributed by atoms with Gasteiger partial charge in [-0.1, -0.05) is 47.2 Å². The van der Waals surface area contributed by atoms with Gasteiger partial charge >= 0.3 is 5.97 Å². The molecule has 11 heteroatoms. The van der Waals surface area contributed by atoms with Crippen molar-refractivity contribution in [1.29, 1.82) is 0 Å². The molecule has 0 aliphatic rings. The summed E-state index contributed by atoms with van der Waals surface area (Å²) in [5.41, 5.74) is 3.58. The maximum Gasteiger partial charge on any atom is 0.340 e. The first-order valence-corrected chi connectivity index (χ1v) is 14.5. The molecule has 2 unspecified atom stereocenters. The summed E-state index contributed by atoms with van der Waals surface area (Å²) < 4.78 is 55.5. The summed E-state index contributed by atoms with van der Waals surface area (Å²) in [5, 5.41) is 0. The van der Waals surface area contributed by atoms with E-state index >= 15 is 0 Å². The molecular weight excluding hydrogens is 557 g/mol. The lowest BCUT2D eigenvalue weighted by molar-refractivity contribution is 0.0601. The number of aryl methyl sites for hydroxylation is 2. The van der Waals surface area contributed by atoms with E-state index in [1.165, 1.54) is 23.2 Å². The van der Waals surface area contributed by atoms with Gasteiger partial charge in [-0.3, -0.25) is 17.0 Å². The number of nitrogens with zero attached hydrogens (tertiary/aromatic N) is 2. The van der Waals surface area contributed by atoms with Gasteiger partial charge in [-0.25, -0.2) is 4.79 Å². The van der Waals surface area contributed by atoms with Gasteiger partial charge in [0, 0.05) is 9.79 Å². The summed E-state index contributed by atoms with van der Waals surface area (Å²) in [7, 11) is 1.23. The largest absolute Gasteiger partial charge is 0.755 e. The van der Waals surface area contributed by atoms with Gasteiger partial charge in [0.05, 0.1) is 58.0 Å². The van der Waals surface area contributed by atoms with Crippen LogP contribution in [0.3, 0.4) is 0 Å². The molecule has 202 valence electrons. The van der Waals surface area contributed by atoms with Crippen molar-refractivity contribution in [2.75, 3.05) is 15.7 Å². The number of carbonyl (C=O) groups is 1. The molecule has 4 aromatic rings. The van der Waals surface area contributed by atoms with Crippen LogP contribution in [0.15, 0.2) is 101 Å². The van der Waals surface area contributed by atoms with Gasteiger partial charge in [-0.15, -0.1) is 0 Å². The summed E-state index contributed by atoms with van der Waals surface area (Å²) in [6, 6.07) is 25.8. The van der Waals surface area contributed by atoms with E-state index in [1.54, 1.807) is 78.9 Å². The second-order valence-corrected chi connectivity index (χ2v) is 11.2. The Morgan fingerprint density at radius 3 is 1.59 bits per heavy atom. The van der Waals surface area contributed by atoms with E-state index in [0.717, 1.165) is 20.3 Å². The van der Waals surface area contributed by atoms with E-state index < -0.39 is 28.5 Å². The topological polar surface area (TPSA) is 113 Å². The van der Waals surface area contributed by atoms with Crippen LogP contribution in [0.5, 0.6) is 0 Å². The Bertz CT molecular complexity index is 1510. The minimum atomic E-state index is -2.70. The Morgan fingerprint density at radius 1 is 0.692 bits per heavy atom. The van der Waals surface area contributed by atoms with E-state index in [-0.39, 0.29) is 11.3 Å². The van der Waals surface area contributed by atoms with Crippen LogP contribution >= 0.6 is 11.8 Å². The van der Waals surface area contributed by atoms with Crippen molar-refractivity contribution in [2.45, 2.75) is 23.6 Å². The molecule has 39 heavy (non-hydrogen) atoms. The smallest absolute Gasteiger partial charge is 0.340 e. The van der Waals surface area contributed by atoms with E-state index in [4.69, 9.17) is 4.74 Å². The second kappa shape index (κ2) is 12.6. The van der Waals surface area contributed by atoms with Crippen molar-refractivity contribution in [3.8, 4) is 0 Å². The fourth-order valence-corrected chi connectivity index (χ4v) is 5.86. The molecule has 0 aliphatic carbocycles. The zero-order valence-corrected chi connectivity index (χ0v) is 23.7. The predicted octanol–water partition coefficient (Wildman–Crippen LogP) is 6.11. The minimum Gasteiger partial charge on any atom is -0.755 e. The predicted molar refractivity (Wildman–Crippen MR) is 153 cm³/mol. The normalized spacial score (nSPS) is 12.4. The molecule has 0 N–H and O–H groups in total. The molecule has 0 saturated carbocycles. The number of hydrogen-bond acceptors (Lipinski definition) is 7. The molecule has 0 saturated heterocycles. The molecule has 0 heterocycles. The number of anilines is 4. The monoisotopic (exact) mass is 580 g/mol. The maximum absolute atomic E-state index is 12.7. The molecule has 8 nitrogen and oxygen atoms in total. The van der Waals surface area contributed by atoms with Gasteiger partial charge in [0.15, 0.2) is 0 Å². The second-order valence-electron chi connectivity index (χ2n) is 8.46. The van der Waals surface area contributed by atoms with Crippen LogP contribution in [0.2, 0.25) is 0 Å². The van der Waals surface area contributed by atoms with Crippen molar-refractivity contribution in [3.05, 3.63) is 108 Å². The van der Waals surface area contributed by atoms with Gasteiger partial charge in [-0.05, 0) is 80.6 Å². The fraction of sp³-hybridized carbons (Fsp3) is 0.107. The highest BCUT2D eigenvalue weighted by Gasteiger charge is 2.21. The standard InChI is InChI=1S/C28H26N2O6S3/c1-19-4-8-21(9-5-19)29(38(32)33)22-12-14-24(15-13-22)37-25-16-17-27(26(18-25)28(31)36-3)30(39(34)35)23-10-6-20(2)7-11-23/h4-18H,1-3H3,(H,32,33)(H,34,35)/p-2. The zero-order chi connectivity index (χ0) is 28.1. The Balaban J connectivity index is 1.64. The number of ether oxygens (including phenoxy) is 1. The van der Waals surface area contributed by atoms with Crippen LogP contribution in [0.1, 0.15) is 21.5 Å². The van der Waals surface area contributed by atoms with Crippen LogP contribution in [-0.2, 0) is 27.3 Å². The van der Waals surface area contributed by atoms with Gasteiger partial charge in [0.1, 0.15) is 0 Å². The van der Waals surface area contributed by atoms with Gasteiger partial charge < -0.3 is 13.8 Å². The highest BCUT2D eigenvalue weighted by Crippen LogP contribution is 2.37. The fourth-order valence-electron chi connectivity index (χ4n) is 3.80.